The lowest BCUT2D eigenvalue weighted by Crippen LogP contribution is -2.13. The Morgan fingerprint density at radius 2 is 1.95 bits per heavy atom. The van der Waals surface area contributed by atoms with E-state index in [1.165, 1.54) is 5.56 Å². The maximum Gasteiger partial charge on any atom is 0.133 e. The number of hydrogen-bond donors (Lipinski definition) is 1. The van der Waals surface area contributed by atoms with Crippen LogP contribution in [0.4, 0.5) is 11.5 Å². The highest BCUT2D eigenvalue weighted by atomic mass is 16.3. The highest BCUT2D eigenvalue weighted by Gasteiger charge is 2.09. The van der Waals surface area contributed by atoms with Crippen LogP contribution in [0.5, 0.6) is 0 Å². The first-order valence-electron chi connectivity index (χ1n) is 6.55. The van der Waals surface area contributed by atoms with Gasteiger partial charge in [0.05, 0.1) is 6.61 Å². The fourth-order valence-corrected chi connectivity index (χ4v) is 2.14. The van der Waals surface area contributed by atoms with Crippen molar-refractivity contribution >= 4 is 11.5 Å². The van der Waals surface area contributed by atoms with Gasteiger partial charge in [-0.1, -0.05) is 25.1 Å². The summed E-state index contributed by atoms with van der Waals surface area (Å²) in [6.45, 7) is 4.20. The van der Waals surface area contributed by atoms with E-state index in [1.54, 1.807) is 0 Å². The molecule has 0 atom stereocenters. The standard InChI is InChI=1S/C16H20N2O/c1-4-14-9-13(11-19)10-16(17-14)18(3)15-8-6-5-7-12(15)2/h5-10,19H,4,11H2,1-3H3. The number of hydrogen-bond acceptors (Lipinski definition) is 3. The van der Waals surface area contributed by atoms with Gasteiger partial charge in [0, 0.05) is 18.4 Å². The molecular formula is C16H20N2O. The van der Waals surface area contributed by atoms with E-state index >= 15 is 0 Å². The van der Waals surface area contributed by atoms with Gasteiger partial charge < -0.3 is 10.0 Å². The molecule has 2 aromatic rings. The van der Waals surface area contributed by atoms with E-state index in [-0.39, 0.29) is 6.61 Å². The SMILES string of the molecule is CCc1cc(CO)cc(N(C)c2ccccc2C)n1. The monoisotopic (exact) mass is 256 g/mol. The molecule has 0 amide bonds. The highest BCUT2D eigenvalue weighted by molar-refractivity contribution is 5.63. The number of aromatic nitrogens is 1. The zero-order valence-corrected chi connectivity index (χ0v) is 11.7. The summed E-state index contributed by atoms with van der Waals surface area (Å²) in [5.41, 5.74) is 4.25. The normalized spacial score (nSPS) is 10.5. The molecular weight excluding hydrogens is 236 g/mol. The smallest absolute Gasteiger partial charge is 0.133 e. The predicted molar refractivity (Wildman–Crippen MR) is 78.8 cm³/mol. The van der Waals surface area contributed by atoms with Crippen LogP contribution < -0.4 is 4.90 Å². The number of pyridine rings is 1. The Bertz CT molecular complexity index is 544. The molecule has 0 saturated carbocycles. The molecule has 0 aliphatic heterocycles. The van der Waals surface area contributed by atoms with Gasteiger partial charge in [-0.05, 0) is 42.7 Å². The first-order chi connectivity index (χ1) is 9.15. The van der Waals surface area contributed by atoms with Crippen LogP contribution in [-0.2, 0) is 13.0 Å². The number of aliphatic hydroxyl groups is 1. The fourth-order valence-electron chi connectivity index (χ4n) is 2.14. The van der Waals surface area contributed by atoms with E-state index in [4.69, 9.17) is 0 Å². The van der Waals surface area contributed by atoms with Gasteiger partial charge in [-0.15, -0.1) is 0 Å². The Morgan fingerprint density at radius 1 is 1.21 bits per heavy atom. The second-order valence-electron chi connectivity index (χ2n) is 4.68. The zero-order valence-electron chi connectivity index (χ0n) is 11.7. The van der Waals surface area contributed by atoms with E-state index in [0.29, 0.717) is 0 Å². The lowest BCUT2D eigenvalue weighted by atomic mass is 10.1. The third-order valence-electron chi connectivity index (χ3n) is 3.29. The molecule has 0 spiro atoms. The second-order valence-corrected chi connectivity index (χ2v) is 4.68. The lowest BCUT2D eigenvalue weighted by molar-refractivity contribution is 0.281. The van der Waals surface area contributed by atoms with Gasteiger partial charge in [0.2, 0.25) is 0 Å². The van der Waals surface area contributed by atoms with Gasteiger partial charge >= 0.3 is 0 Å². The number of anilines is 2. The summed E-state index contributed by atoms with van der Waals surface area (Å²) in [5, 5.41) is 9.34. The van der Waals surface area contributed by atoms with E-state index in [0.717, 1.165) is 29.2 Å². The topological polar surface area (TPSA) is 36.4 Å². The highest BCUT2D eigenvalue weighted by Crippen LogP contribution is 2.26. The van der Waals surface area contributed by atoms with Crippen molar-refractivity contribution in [3.8, 4) is 0 Å². The van der Waals surface area contributed by atoms with Crippen molar-refractivity contribution < 1.29 is 5.11 Å². The Hall–Kier alpha value is -1.87. The summed E-state index contributed by atoms with van der Waals surface area (Å²) in [7, 11) is 2.01. The van der Waals surface area contributed by atoms with Crippen molar-refractivity contribution in [1.29, 1.82) is 0 Å². The van der Waals surface area contributed by atoms with Gasteiger partial charge in [-0.25, -0.2) is 4.98 Å². The van der Waals surface area contributed by atoms with Crippen molar-refractivity contribution in [2.24, 2.45) is 0 Å². The molecule has 0 aliphatic rings. The van der Waals surface area contributed by atoms with Crippen LogP contribution >= 0.6 is 0 Å². The van der Waals surface area contributed by atoms with Crippen molar-refractivity contribution in [3.05, 3.63) is 53.2 Å². The summed E-state index contributed by atoms with van der Waals surface area (Å²) in [6, 6.07) is 12.1. The van der Waals surface area contributed by atoms with Crippen LogP contribution in [0.25, 0.3) is 0 Å². The quantitative estimate of drug-likeness (QED) is 0.912. The van der Waals surface area contributed by atoms with Crippen LogP contribution in [0.2, 0.25) is 0 Å². The number of aryl methyl sites for hydroxylation is 2. The zero-order chi connectivity index (χ0) is 13.8. The molecule has 1 N–H and O–H groups in total. The summed E-state index contributed by atoms with van der Waals surface area (Å²) in [5.74, 6) is 0.873. The molecule has 2 rings (SSSR count). The molecule has 1 heterocycles. The molecule has 0 fully saturated rings. The minimum absolute atomic E-state index is 0.0458. The molecule has 3 heteroatoms. The number of benzene rings is 1. The third-order valence-corrected chi connectivity index (χ3v) is 3.29. The summed E-state index contributed by atoms with van der Waals surface area (Å²) < 4.78 is 0. The minimum atomic E-state index is 0.0458. The molecule has 0 unspecified atom stereocenters. The molecule has 19 heavy (non-hydrogen) atoms. The van der Waals surface area contributed by atoms with Crippen LogP contribution in [0, 0.1) is 6.92 Å². The van der Waals surface area contributed by atoms with Gasteiger partial charge in [0.1, 0.15) is 5.82 Å². The maximum absolute atomic E-state index is 9.34. The van der Waals surface area contributed by atoms with E-state index in [2.05, 4.69) is 35.9 Å². The van der Waals surface area contributed by atoms with Crippen LogP contribution in [-0.4, -0.2) is 17.1 Å². The van der Waals surface area contributed by atoms with Crippen LogP contribution in [0.15, 0.2) is 36.4 Å². The van der Waals surface area contributed by atoms with E-state index in [1.807, 2.05) is 31.3 Å². The van der Waals surface area contributed by atoms with Crippen molar-refractivity contribution in [2.45, 2.75) is 26.9 Å². The number of nitrogens with zero attached hydrogens (tertiary/aromatic N) is 2. The molecule has 0 saturated heterocycles. The molecule has 1 aromatic carbocycles. The average Bonchev–Trinajstić information content (AvgIpc) is 2.46. The predicted octanol–water partition coefficient (Wildman–Crippen LogP) is 3.21. The van der Waals surface area contributed by atoms with Gasteiger partial charge in [-0.2, -0.15) is 0 Å². The summed E-state index contributed by atoms with van der Waals surface area (Å²) in [6.07, 6.45) is 0.864. The molecule has 0 aliphatic carbocycles. The molecule has 3 nitrogen and oxygen atoms in total. The average molecular weight is 256 g/mol. The second kappa shape index (κ2) is 5.85. The van der Waals surface area contributed by atoms with E-state index in [9.17, 15) is 5.11 Å². The number of rotatable bonds is 4. The van der Waals surface area contributed by atoms with E-state index < -0.39 is 0 Å². The first kappa shape index (κ1) is 13.6. The Kier molecular flexibility index (Phi) is 4.17. The minimum Gasteiger partial charge on any atom is -0.392 e. The van der Waals surface area contributed by atoms with Crippen LogP contribution in [0.1, 0.15) is 23.7 Å². The number of para-hydroxylation sites is 1. The molecule has 100 valence electrons. The van der Waals surface area contributed by atoms with Gasteiger partial charge in [-0.3, -0.25) is 0 Å². The van der Waals surface area contributed by atoms with Crippen molar-refractivity contribution in [2.75, 3.05) is 11.9 Å². The third kappa shape index (κ3) is 2.93. The molecule has 1 aromatic heterocycles. The Labute approximate surface area is 114 Å². The number of aliphatic hydroxyl groups excluding tert-OH is 1. The largest absolute Gasteiger partial charge is 0.392 e. The first-order valence-corrected chi connectivity index (χ1v) is 6.55. The summed E-state index contributed by atoms with van der Waals surface area (Å²) >= 11 is 0. The Balaban J connectivity index is 2.43. The van der Waals surface area contributed by atoms with Crippen LogP contribution in [0.3, 0.4) is 0 Å². The van der Waals surface area contributed by atoms with Gasteiger partial charge in [0.25, 0.3) is 0 Å². The maximum atomic E-state index is 9.34. The van der Waals surface area contributed by atoms with Gasteiger partial charge in [0.15, 0.2) is 0 Å². The molecule has 0 radical (unpaired) electrons. The van der Waals surface area contributed by atoms with Crippen molar-refractivity contribution in [3.63, 3.8) is 0 Å². The summed E-state index contributed by atoms with van der Waals surface area (Å²) in [4.78, 5) is 6.70. The fraction of sp³-hybridized carbons (Fsp3) is 0.312. The van der Waals surface area contributed by atoms with Crippen molar-refractivity contribution in [1.82, 2.24) is 4.98 Å². The Morgan fingerprint density at radius 3 is 2.58 bits per heavy atom. The lowest BCUT2D eigenvalue weighted by Gasteiger charge is -2.21. The molecule has 0 bridgehead atoms.